The molecule has 0 bridgehead atoms. The van der Waals surface area contributed by atoms with Crippen LogP contribution in [0.4, 0.5) is 13.2 Å². The van der Waals surface area contributed by atoms with E-state index in [1.807, 2.05) is 0 Å². The molecule has 0 aromatic heterocycles. The summed E-state index contributed by atoms with van der Waals surface area (Å²) >= 11 is 0. The van der Waals surface area contributed by atoms with Crippen LogP contribution in [0, 0.1) is 5.92 Å². The molecule has 18 heavy (non-hydrogen) atoms. The standard InChI is InChI=1S/C12H21F3N2O/c1-8(2)17-6-4-10(5-7-17)11(18)16-9(3)12(13,14)15/h8-10H,4-7H2,1-3H3,(H,16,18). The minimum absolute atomic E-state index is 0.287. The number of hydrogen-bond acceptors (Lipinski definition) is 2. The SMILES string of the molecule is CC(C)N1CCC(C(=O)NC(C)C(F)(F)F)CC1. The Labute approximate surface area is 106 Å². The maximum atomic E-state index is 12.3. The zero-order valence-electron chi connectivity index (χ0n) is 11.0. The van der Waals surface area contributed by atoms with Gasteiger partial charge in [0.15, 0.2) is 0 Å². The number of amides is 1. The number of carbonyl (C=O) groups excluding carboxylic acids is 1. The quantitative estimate of drug-likeness (QED) is 0.849. The highest BCUT2D eigenvalue weighted by molar-refractivity contribution is 5.79. The molecule has 1 amide bonds. The van der Waals surface area contributed by atoms with Crippen molar-refractivity contribution < 1.29 is 18.0 Å². The normalized spacial score (nSPS) is 21.1. The van der Waals surface area contributed by atoms with Crippen molar-refractivity contribution in [1.82, 2.24) is 10.2 Å². The number of halogens is 3. The number of carbonyl (C=O) groups is 1. The van der Waals surface area contributed by atoms with Gasteiger partial charge in [-0.2, -0.15) is 13.2 Å². The lowest BCUT2D eigenvalue weighted by Crippen LogP contribution is -2.48. The first kappa shape index (κ1) is 15.3. The Morgan fingerprint density at radius 1 is 1.22 bits per heavy atom. The van der Waals surface area contributed by atoms with Crippen molar-refractivity contribution in [3.63, 3.8) is 0 Å². The Kier molecular flexibility index (Phi) is 5.01. The van der Waals surface area contributed by atoms with E-state index in [9.17, 15) is 18.0 Å². The van der Waals surface area contributed by atoms with E-state index < -0.39 is 18.1 Å². The van der Waals surface area contributed by atoms with Crippen molar-refractivity contribution in [3.8, 4) is 0 Å². The lowest BCUT2D eigenvalue weighted by molar-refractivity contribution is -0.159. The fourth-order valence-corrected chi connectivity index (χ4v) is 2.09. The maximum Gasteiger partial charge on any atom is 0.408 e. The number of nitrogens with zero attached hydrogens (tertiary/aromatic N) is 1. The van der Waals surface area contributed by atoms with Gasteiger partial charge in [-0.15, -0.1) is 0 Å². The number of hydrogen-bond donors (Lipinski definition) is 1. The first-order valence-electron chi connectivity index (χ1n) is 6.33. The third-order valence-electron chi connectivity index (χ3n) is 3.48. The Bertz CT molecular complexity index is 284. The number of alkyl halides is 3. The van der Waals surface area contributed by atoms with Gasteiger partial charge in [-0.1, -0.05) is 0 Å². The fourth-order valence-electron chi connectivity index (χ4n) is 2.09. The average Bonchev–Trinajstić information content (AvgIpc) is 2.27. The number of nitrogens with one attached hydrogen (secondary N) is 1. The van der Waals surface area contributed by atoms with Crippen LogP contribution in [0.2, 0.25) is 0 Å². The Hall–Kier alpha value is -0.780. The fraction of sp³-hybridized carbons (Fsp3) is 0.917. The lowest BCUT2D eigenvalue weighted by atomic mass is 9.95. The highest BCUT2D eigenvalue weighted by Gasteiger charge is 2.38. The molecule has 1 aliphatic rings. The van der Waals surface area contributed by atoms with Gasteiger partial charge in [0, 0.05) is 12.0 Å². The first-order valence-corrected chi connectivity index (χ1v) is 6.33. The predicted molar refractivity (Wildman–Crippen MR) is 63.1 cm³/mol. The zero-order chi connectivity index (χ0) is 13.9. The van der Waals surface area contributed by atoms with Crippen LogP contribution in [0.5, 0.6) is 0 Å². The molecule has 3 nitrogen and oxygen atoms in total. The summed E-state index contributed by atoms with van der Waals surface area (Å²) in [4.78, 5) is 13.9. The third kappa shape index (κ3) is 4.15. The summed E-state index contributed by atoms with van der Waals surface area (Å²) < 4.78 is 37.0. The number of piperidine rings is 1. The van der Waals surface area contributed by atoms with Gasteiger partial charge >= 0.3 is 6.18 Å². The van der Waals surface area contributed by atoms with Crippen LogP contribution in [0.25, 0.3) is 0 Å². The summed E-state index contributed by atoms with van der Waals surface area (Å²) in [5.74, 6) is -0.756. The summed E-state index contributed by atoms with van der Waals surface area (Å²) in [6.45, 7) is 6.67. The Morgan fingerprint density at radius 3 is 2.11 bits per heavy atom. The van der Waals surface area contributed by atoms with Crippen LogP contribution in [0.15, 0.2) is 0 Å². The van der Waals surface area contributed by atoms with Crippen LogP contribution in [-0.4, -0.2) is 42.2 Å². The molecule has 1 saturated heterocycles. The second-order valence-electron chi connectivity index (χ2n) is 5.18. The second-order valence-corrected chi connectivity index (χ2v) is 5.18. The molecule has 1 atom stereocenters. The van der Waals surface area contributed by atoms with Crippen LogP contribution >= 0.6 is 0 Å². The number of likely N-dealkylation sites (tertiary alicyclic amines) is 1. The van der Waals surface area contributed by atoms with E-state index in [1.165, 1.54) is 0 Å². The predicted octanol–water partition coefficient (Wildman–Crippen LogP) is 2.17. The van der Waals surface area contributed by atoms with Crippen LogP contribution < -0.4 is 5.32 Å². The van der Waals surface area contributed by atoms with Crippen molar-refractivity contribution in [1.29, 1.82) is 0 Å². The van der Waals surface area contributed by atoms with E-state index in [2.05, 4.69) is 24.1 Å². The molecule has 6 heteroatoms. The van der Waals surface area contributed by atoms with Crippen molar-refractivity contribution in [2.45, 2.75) is 51.9 Å². The molecule has 0 aliphatic carbocycles. The lowest BCUT2D eigenvalue weighted by Gasteiger charge is -2.34. The highest BCUT2D eigenvalue weighted by atomic mass is 19.4. The largest absolute Gasteiger partial charge is 0.408 e. The highest BCUT2D eigenvalue weighted by Crippen LogP contribution is 2.22. The van der Waals surface area contributed by atoms with Crippen LogP contribution in [-0.2, 0) is 4.79 Å². The smallest absolute Gasteiger partial charge is 0.344 e. The zero-order valence-corrected chi connectivity index (χ0v) is 11.0. The van der Waals surface area contributed by atoms with Gasteiger partial charge in [-0.3, -0.25) is 4.79 Å². The molecule has 0 radical (unpaired) electrons. The minimum Gasteiger partial charge on any atom is -0.344 e. The van der Waals surface area contributed by atoms with Gasteiger partial charge in [0.05, 0.1) is 0 Å². The summed E-state index contributed by atoms with van der Waals surface area (Å²) in [7, 11) is 0. The molecule has 1 heterocycles. The molecular formula is C12H21F3N2O. The van der Waals surface area contributed by atoms with Crippen molar-refractivity contribution in [3.05, 3.63) is 0 Å². The molecule has 0 aromatic carbocycles. The van der Waals surface area contributed by atoms with Gasteiger partial charge < -0.3 is 10.2 Å². The maximum absolute atomic E-state index is 12.3. The minimum atomic E-state index is -4.37. The van der Waals surface area contributed by atoms with Gasteiger partial charge in [0.1, 0.15) is 6.04 Å². The van der Waals surface area contributed by atoms with Crippen molar-refractivity contribution in [2.75, 3.05) is 13.1 Å². The molecule has 1 rings (SSSR count). The molecule has 1 N–H and O–H groups in total. The van der Waals surface area contributed by atoms with Gasteiger partial charge in [0.2, 0.25) is 5.91 Å². The van der Waals surface area contributed by atoms with Crippen LogP contribution in [0.1, 0.15) is 33.6 Å². The Morgan fingerprint density at radius 2 is 1.72 bits per heavy atom. The van der Waals surface area contributed by atoms with Gasteiger partial charge in [-0.25, -0.2) is 0 Å². The first-order chi connectivity index (χ1) is 8.21. The molecule has 106 valence electrons. The molecular weight excluding hydrogens is 245 g/mol. The molecule has 1 aliphatic heterocycles. The van der Waals surface area contributed by atoms with Gasteiger partial charge in [0.25, 0.3) is 0 Å². The monoisotopic (exact) mass is 266 g/mol. The van der Waals surface area contributed by atoms with E-state index in [-0.39, 0.29) is 5.92 Å². The van der Waals surface area contributed by atoms with Gasteiger partial charge in [-0.05, 0) is 46.7 Å². The van der Waals surface area contributed by atoms with E-state index in [0.29, 0.717) is 18.9 Å². The van der Waals surface area contributed by atoms with E-state index in [0.717, 1.165) is 20.0 Å². The molecule has 1 unspecified atom stereocenters. The van der Waals surface area contributed by atoms with Crippen molar-refractivity contribution >= 4 is 5.91 Å². The third-order valence-corrected chi connectivity index (χ3v) is 3.48. The number of rotatable bonds is 3. The van der Waals surface area contributed by atoms with E-state index in [1.54, 1.807) is 0 Å². The molecule has 0 saturated carbocycles. The van der Waals surface area contributed by atoms with Crippen molar-refractivity contribution in [2.24, 2.45) is 5.92 Å². The Balaban J connectivity index is 2.41. The molecule has 0 spiro atoms. The topological polar surface area (TPSA) is 32.3 Å². The molecule has 0 aromatic rings. The van der Waals surface area contributed by atoms with Crippen LogP contribution in [0.3, 0.4) is 0 Å². The summed E-state index contributed by atoms with van der Waals surface area (Å²) in [5, 5.41) is 2.05. The van der Waals surface area contributed by atoms with E-state index >= 15 is 0 Å². The summed E-state index contributed by atoms with van der Waals surface area (Å²) in [6.07, 6.45) is -3.10. The summed E-state index contributed by atoms with van der Waals surface area (Å²) in [6, 6.07) is -1.35. The summed E-state index contributed by atoms with van der Waals surface area (Å²) in [5.41, 5.74) is 0. The average molecular weight is 266 g/mol. The second kappa shape index (κ2) is 5.91. The van der Waals surface area contributed by atoms with E-state index in [4.69, 9.17) is 0 Å². The molecule has 1 fully saturated rings.